The highest BCUT2D eigenvalue weighted by Crippen LogP contribution is 2.45. The number of nitrogens with zero attached hydrogens (tertiary/aromatic N) is 12. The van der Waals surface area contributed by atoms with E-state index in [-0.39, 0.29) is 77.6 Å². The van der Waals surface area contributed by atoms with Crippen molar-refractivity contribution in [3.05, 3.63) is 336 Å². The van der Waals surface area contributed by atoms with E-state index in [9.17, 15) is 71.9 Å². The number of carbonyl (C=O) groups excluding carboxylic acids is 4. The molecule has 7 aromatic heterocycles. The van der Waals surface area contributed by atoms with Gasteiger partial charge in [0, 0.05) is 122 Å². The molecule has 696 valence electrons. The van der Waals surface area contributed by atoms with Crippen molar-refractivity contribution in [2.24, 2.45) is 30.7 Å². The summed E-state index contributed by atoms with van der Waals surface area (Å²) in [6, 6.07) is 39.7. The first-order valence-corrected chi connectivity index (χ1v) is 43.4. The van der Waals surface area contributed by atoms with Crippen molar-refractivity contribution < 1.29 is 81.3 Å². The van der Waals surface area contributed by atoms with E-state index >= 15 is 0 Å². The molecule has 1 saturated heterocycles. The maximum absolute atomic E-state index is 12.9. The first-order chi connectivity index (χ1) is 62.8. The first kappa shape index (κ1) is 97.3. The van der Waals surface area contributed by atoms with Crippen molar-refractivity contribution in [1.29, 1.82) is 0 Å². The zero-order valence-corrected chi connectivity index (χ0v) is 74.3. The molecule has 1 fully saturated rings. The highest BCUT2D eigenvalue weighted by molar-refractivity contribution is 5.96. The van der Waals surface area contributed by atoms with Gasteiger partial charge in [-0.05, 0) is 171 Å². The number of aromatic nitrogens is 8. The number of benzene rings is 4. The van der Waals surface area contributed by atoms with Crippen molar-refractivity contribution in [2.45, 2.75) is 182 Å². The fourth-order valence-electron chi connectivity index (χ4n) is 17.2. The lowest BCUT2D eigenvalue weighted by molar-refractivity contribution is -0.138. The smallest absolute Gasteiger partial charge is 0.376 e. The second kappa shape index (κ2) is 42.6. The molecular weight excluding hydrogens is 1730 g/mol. The summed E-state index contributed by atoms with van der Waals surface area (Å²) in [5, 5.41) is 15.7. The van der Waals surface area contributed by atoms with Crippen LogP contribution in [0.2, 0.25) is 0 Å². The molecule has 11 aromatic rings. The van der Waals surface area contributed by atoms with Crippen LogP contribution in [0.1, 0.15) is 227 Å². The number of hydrogen-bond acceptors (Lipinski definition) is 17. The third-order valence-corrected chi connectivity index (χ3v) is 23.3. The van der Waals surface area contributed by atoms with Gasteiger partial charge in [-0.25, -0.2) is 0 Å². The summed E-state index contributed by atoms with van der Waals surface area (Å²) in [5.74, 6) is 0.110. The topological polar surface area (TPSA) is 243 Å². The second-order valence-electron chi connectivity index (χ2n) is 34.7. The minimum absolute atomic E-state index is 0.0205. The number of nitrogens with one attached hydrogen (secondary N) is 4. The van der Waals surface area contributed by atoms with Crippen molar-refractivity contribution in [3.63, 3.8) is 0 Å². The summed E-state index contributed by atoms with van der Waals surface area (Å²) in [5.41, 5.74) is 12.5. The van der Waals surface area contributed by atoms with Gasteiger partial charge in [-0.3, -0.25) is 73.4 Å². The van der Waals surface area contributed by atoms with Gasteiger partial charge in [0.1, 0.15) is 0 Å². The molecule has 16 rings (SSSR count). The molecule has 4 amide bonds. The van der Waals surface area contributed by atoms with Crippen LogP contribution in [0.15, 0.2) is 207 Å². The SMILES string of the molecule is CC(C)[C@H]1c2ncc(C(=O)NCC3COCCO3)cc2CN1Cc1ccc(C(F)(F)F)cc1.CC(C)[C@H]1c2ncc(C(=O)NCc3ccccn3)cc2CN1Cc1ccc(C(F)(F)F)cc1.CC(C)[C@H]1c2ncc(C(=O)NCc3cccnc3)cc2CN1Cc1ccc(C(F)(F)F)cc1.CC(C)[C@H]1c2ncc(C(=O)NCc3ccn(C)n3)cc2CN1Cc1ccc(C(F)(F)F)cc1. The number of ether oxygens (including phenoxy) is 2. The van der Waals surface area contributed by atoms with E-state index in [2.05, 4.69) is 131 Å². The van der Waals surface area contributed by atoms with E-state index in [1.807, 2.05) is 73.9 Å². The number of pyridine rings is 6. The van der Waals surface area contributed by atoms with Gasteiger partial charge < -0.3 is 30.7 Å². The Morgan fingerprint density at radius 1 is 0.379 bits per heavy atom. The quantitative estimate of drug-likeness (QED) is 0.0411. The molecule has 132 heavy (non-hydrogen) atoms. The maximum atomic E-state index is 12.9. The number of rotatable bonds is 24. The molecular formula is C98H104F12N16O6. The van der Waals surface area contributed by atoms with Crippen LogP contribution in [0.5, 0.6) is 0 Å². The van der Waals surface area contributed by atoms with Crippen molar-refractivity contribution in [3.8, 4) is 0 Å². The lowest BCUT2D eigenvalue weighted by atomic mass is 9.99. The second-order valence-corrected chi connectivity index (χ2v) is 34.7. The van der Waals surface area contributed by atoms with Crippen LogP contribution in [0.3, 0.4) is 0 Å². The Bertz CT molecular complexity index is 5560. The van der Waals surface area contributed by atoms with Gasteiger partial charge in [0.05, 0.1) is 142 Å². The zero-order valence-electron chi connectivity index (χ0n) is 74.3. The van der Waals surface area contributed by atoms with Gasteiger partial charge in [0.2, 0.25) is 0 Å². The summed E-state index contributed by atoms with van der Waals surface area (Å²) in [4.78, 5) is 86.0. The minimum atomic E-state index is -4.35. The average molecular weight is 1830 g/mol. The molecule has 0 spiro atoms. The van der Waals surface area contributed by atoms with Gasteiger partial charge in [-0.1, -0.05) is 116 Å². The van der Waals surface area contributed by atoms with Crippen molar-refractivity contribution in [1.82, 2.24) is 80.6 Å². The molecule has 1 unspecified atom stereocenters. The molecule has 5 atom stereocenters. The van der Waals surface area contributed by atoms with E-state index in [0.29, 0.717) is 121 Å². The fraction of sp³-hybridized carbons (Fsp3) is 0.378. The number of halogens is 12. The Labute approximate surface area is 757 Å². The summed E-state index contributed by atoms with van der Waals surface area (Å²) < 4.78 is 167. The molecule has 0 saturated carbocycles. The lowest BCUT2D eigenvalue weighted by Gasteiger charge is -2.27. The van der Waals surface area contributed by atoms with E-state index in [1.54, 1.807) is 48.1 Å². The molecule has 34 heteroatoms. The standard InChI is InChI=1S/2C25H25F3N4O.C24H26F3N5O.C24H28F3N3O3/c1-16(2)23-22-20(15-32(23)14-17-5-7-21(8-6-17)25(26,27)28)10-19(13-30-22)24(33)31-12-18-4-3-9-29-11-18;1-16(2)23-22-19(15-32(23)14-17-6-8-20(9-7-17)25(26,27)28)11-18(12-30-22)24(33)31-13-21-5-3-4-10-29-21;1-15(2)22-21-18(14-32(22)13-16-4-6-19(7-5-16)24(25,26)27)10-17(11-28-21)23(33)29-12-20-8-9-31(3)30-20;1-15(2)22-21-18(13-30(22)12-16-3-5-19(6-4-16)24(25,26)27)9-17(10-28-21)23(31)29-11-20-14-32-7-8-33-20/h3-11,13,16,23H,12,14-15H2,1-2H3,(H,31,33);3-12,16,23H,13-15H2,1-2H3,(H,31,33);4-11,15,22H,12-14H2,1-3H3,(H,29,33);3-6,9-10,15,20,22H,7-8,11-14H2,1-2H3,(H,29,31)/t2*23-;22-;20?,22-/m0000/s1. The number of aryl methyl sites for hydroxylation is 1. The summed E-state index contributed by atoms with van der Waals surface area (Å²) in [7, 11) is 1.82. The van der Waals surface area contributed by atoms with Crippen molar-refractivity contribution >= 4 is 23.6 Å². The van der Waals surface area contributed by atoms with Gasteiger partial charge in [-0.2, -0.15) is 57.8 Å². The molecule has 5 aliphatic rings. The van der Waals surface area contributed by atoms with Crippen LogP contribution < -0.4 is 21.3 Å². The molecule has 0 radical (unpaired) electrons. The lowest BCUT2D eigenvalue weighted by Crippen LogP contribution is -2.39. The normalized spacial score (nSPS) is 17.4. The number of fused-ring (bicyclic) bond motifs is 4. The van der Waals surface area contributed by atoms with Gasteiger partial charge in [-0.15, -0.1) is 0 Å². The number of carbonyl (C=O) groups is 4. The Hall–Kier alpha value is -12.2. The van der Waals surface area contributed by atoms with Gasteiger partial charge >= 0.3 is 24.7 Å². The van der Waals surface area contributed by atoms with Gasteiger partial charge in [0.15, 0.2) is 0 Å². The van der Waals surface area contributed by atoms with Crippen LogP contribution >= 0.6 is 0 Å². The molecule has 4 aromatic carbocycles. The molecule has 12 heterocycles. The number of amides is 4. The van der Waals surface area contributed by atoms with E-state index < -0.39 is 47.0 Å². The Morgan fingerprint density at radius 3 is 1.01 bits per heavy atom. The van der Waals surface area contributed by atoms with Crippen LogP contribution in [-0.2, 0) is 113 Å². The summed E-state index contributed by atoms with van der Waals surface area (Å²) >= 11 is 0. The molecule has 0 aliphatic carbocycles. The van der Waals surface area contributed by atoms with Gasteiger partial charge in [0.25, 0.3) is 23.6 Å². The predicted octanol–water partition coefficient (Wildman–Crippen LogP) is 18.7. The Morgan fingerprint density at radius 2 is 0.720 bits per heavy atom. The Balaban J connectivity index is 0.000000150. The third-order valence-electron chi connectivity index (χ3n) is 23.3. The predicted molar refractivity (Wildman–Crippen MR) is 468 cm³/mol. The van der Waals surface area contributed by atoms with Crippen molar-refractivity contribution in [2.75, 3.05) is 26.4 Å². The molecule has 0 bridgehead atoms. The molecule has 4 N–H and O–H groups in total. The highest BCUT2D eigenvalue weighted by atomic mass is 19.4. The summed E-state index contributed by atoms with van der Waals surface area (Å²) in [6.45, 7) is 24.0. The van der Waals surface area contributed by atoms with Crippen LogP contribution in [0.4, 0.5) is 52.7 Å². The van der Waals surface area contributed by atoms with E-state index in [0.717, 1.165) is 133 Å². The minimum Gasteiger partial charge on any atom is -0.376 e. The Kier molecular flexibility index (Phi) is 31.4. The van der Waals surface area contributed by atoms with Crippen LogP contribution in [0.25, 0.3) is 0 Å². The first-order valence-electron chi connectivity index (χ1n) is 43.4. The van der Waals surface area contributed by atoms with E-state index in [1.165, 1.54) is 48.5 Å². The number of hydrogen-bond donors (Lipinski definition) is 4. The largest absolute Gasteiger partial charge is 0.416 e. The molecule has 5 aliphatic heterocycles. The van der Waals surface area contributed by atoms with Crippen LogP contribution in [-0.4, -0.2) is 115 Å². The van der Waals surface area contributed by atoms with Crippen LogP contribution in [0, 0.1) is 23.7 Å². The fourth-order valence-corrected chi connectivity index (χ4v) is 17.2. The maximum Gasteiger partial charge on any atom is 0.416 e. The monoisotopic (exact) mass is 1830 g/mol. The highest BCUT2D eigenvalue weighted by Gasteiger charge is 2.41. The zero-order chi connectivity index (χ0) is 94.5. The molecule has 22 nitrogen and oxygen atoms in total. The summed E-state index contributed by atoms with van der Waals surface area (Å²) in [6.07, 6.45) is -4.32. The average Bonchev–Trinajstić information content (AvgIpc) is 1.64. The third kappa shape index (κ3) is 25.1. The van der Waals surface area contributed by atoms with E-state index in [4.69, 9.17) is 9.47 Å². The number of alkyl halides is 12.